The van der Waals surface area contributed by atoms with Gasteiger partial charge in [0.2, 0.25) is 0 Å². The van der Waals surface area contributed by atoms with Gasteiger partial charge in [0.05, 0.1) is 27.7 Å². The van der Waals surface area contributed by atoms with Gasteiger partial charge in [-0.1, -0.05) is 53.1 Å². The Kier molecular flexibility index (Phi) is 16.1. The number of nitrogens with zero attached hydrogens (tertiary/aromatic N) is 6. The molecule has 0 saturated carbocycles. The third-order valence-corrected chi connectivity index (χ3v) is 7.18. The predicted octanol–water partition coefficient (Wildman–Crippen LogP) is 12.9. The molecule has 58 heavy (non-hydrogen) atoms. The van der Waals surface area contributed by atoms with Crippen LogP contribution in [0, 0.1) is 16.2 Å². The number of rotatable bonds is 6. The predicted molar refractivity (Wildman–Crippen MR) is 206 cm³/mol. The fraction of sp³-hybridized carbons (Fsp3) is 0. The van der Waals surface area contributed by atoms with Crippen molar-refractivity contribution < 1.29 is 66.7 Å². The molecule has 0 aliphatic carbocycles. The van der Waals surface area contributed by atoms with Crippen molar-refractivity contribution in [2.45, 2.75) is 0 Å². The molecular formula is C41H29F6FeN6O2PRu. The van der Waals surface area contributed by atoms with Gasteiger partial charge in [0.1, 0.15) is 0 Å². The second-order valence-electron chi connectivity index (χ2n) is 11.5. The minimum atomic E-state index is -10.7. The van der Waals surface area contributed by atoms with E-state index in [1.54, 1.807) is 49.1 Å². The first kappa shape index (κ1) is 46.6. The molecule has 17 heteroatoms. The summed E-state index contributed by atoms with van der Waals surface area (Å²) in [5.41, 5.74) is 8.15. The molecule has 298 valence electrons. The first-order chi connectivity index (χ1) is 26.6. The van der Waals surface area contributed by atoms with Gasteiger partial charge in [-0.2, -0.15) is 30.3 Å². The second-order valence-corrected chi connectivity index (χ2v) is 13.4. The van der Waals surface area contributed by atoms with Gasteiger partial charge in [-0.05, 0) is 36.4 Å². The zero-order valence-corrected chi connectivity index (χ0v) is 33.4. The molecule has 0 bridgehead atoms. The summed E-state index contributed by atoms with van der Waals surface area (Å²) in [5.74, 6) is 0. The van der Waals surface area contributed by atoms with Crippen molar-refractivity contribution in [2.75, 3.05) is 0 Å². The molecule has 3 aromatic carbocycles. The topological polar surface area (TPSA) is 108 Å². The molecule has 0 atom stereocenters. The van der Waals surface area contributed by atoms with E-state index in [1.807, 2.05) is 91.0 Å². The Hall–Kier alpha value is -5.78. The summed E-state index contributed by atoms with van der Waals surface area (Å²) in [5, 5.41) is 11.1. The summed E-state index contributed by atoms with van der Waals surface area (Å²) in [6, 6.07) is 51.4. The van der Waals surface area contributed by atoms with E-state index < -0.39 is 12.7 Å². The summed E-state index contributed by atoms with van der Waals surface area (Å²) < 4.78 is 59.2. The normalized spacial score (nSPS) is 11.4. The molecule has 5 heterocycles. The van der Waals surface area contributed by atoms with Crippen LogP contribution in [-0.4, -0.2) is 29.8 Å². The van der Waals surface area contributed by atoms with E-state index in [-0.39, 0.29) is 42.2 Å². The number of aromatic nitrogens is 5. The van der Waals surface area contributed by atoms with Crippen molar-refractivity contribution in [3.05, 3.63) is 193 Å². The fourth-order valence-corrected chi connectivity index (χ4v) is 4.86. The van der Waals surface area contributed by atoms with E-state index in [9.17, 15) is 35.3 Å². The van der Waals surface area contributed by atoms with Crippen molar-refractivity contribution in [3.63, 3.8) is 0 Å². The average molecular weight is 940 g/mol. The van der Waals surface area contributed by atoms with Crippen LogP contribution in [0.2, 0.25) is 0 Å². The second kappa shape index (κ2) is 20.1. The summed E-state index contributed by atoms with van der Waals surface area (Å²) >= 11 is 0. The first-order valence-electron chi connectivity index (χ1n) is 16.4. The average Bonchev–Trinajstić information content (AvgIpc) is 3.97. The fourth-order valence-electron chi connectivity index (χ4n) is 4.86. The molecular weight excluding hydrogens is 910 g/mol. The van der Waals surface area contributed by atoms with Gasteiger partial charge >= 0.3 is 69.5 Å². The Morgan fingerprint density at radius 2 is 0.948 bits per heavy atom. The van der Waals surface area contributed by atoms with E-state index in [0.717, 1.165) is 28.1 Å². The molecule has 0 aliphatic rings. The number of benzene rings is 1. The quantitative estimate of drug-likeness (QED) is 0.0408. The van der Waals surface area contributed by atoms with Gasteiger partial charge < -0.3 is 0 Å². The first-order valence-corrected chi connectivity index (χ1v) is 18.5. The molecule has 5 aromatic heterocycles. The maximum absolute atomic E-state index is 11.1. The third kappa shape index (κ3) is 16.4. The summed E-state index contributed by atoms with van der Waals surface area (Å²) in [6.45, 7) is 0. The van der Waals surface area contributed by atoms with Gasteiger partial charge in [-0.15, -0.1) is 35.9 Å². The SMILES string of the molecule is F[P-](F)(F)(F)(F)F.O=[N+]([O-])c1cc(-c2ccccn2)nc(-c2ccccn2)c1.[Fe+2].[Ru+2].[c-]1c(-c2ccccn2)cc(-[c-]2cccc2)cc1-c1ccccn1.c1cc[cH-]c1. The molecule has 0 amide bonds. The molecule has 8 rings (SSSR count). The van der Waals surface area contributed by atoms with E-state index in [2.05, 4.69) is 55.3 Å². The summed E-state index contributed by atoms with van der Waals surface area (Å²) in [6.07, 6.45) is 6.85. The number of nitro groups is 1. The Labute approximate surface area is 352 Å². The Balaban J connectivity index is 0.000000236. The zero-order valence-electron chi connectivity index (χ0n) is 29.7. The minimum Gasteiger partial charge on any atom is -0.295 e. The van der Waals surface area contributed by atoms with Crippen LogP contribution in [0.15, 0.2) is 176 Å². The van der Waals surface area contributed by atoms with Gasteiger partial charge in [0, 0.05) is 48.3 Å². The van der Waals surface area contributed by atoms with Crippen molar-refractivity contribution >= 4 is 13.5 Å². The summed E-state index contributed by atoms with van der Waals surface area (Å²) in [4.78, 5) is 32.4. The van der Waals surface area contributed by atoms with E-state index in [4.69, 9.17) is 0 Å². The number of hydrogen-bond donors (Lipinski definition) is 0. The van der Waals surface area contributed by atoms with E-state index in [0.29, 0.717) is 22.8 Å². The van der Waals surface area contributed by atoms with Crippen LogP contribution in [-0.2, 0) is 36.5 Å². The van der Waals surface area contributed by atoms with Crippen molar-refractivity contribution in [1.29, 1.82) is 0 Å². The molecule has 0 saturated heterocycles. The van der Waals surface area contributed by atoms with Crippen LogP contribution in [0.3, 0.4) is 0 Å². The number of halogens is 6. The van der Waals surface area contributed by atoms with E-state index >= 15 is 0 Å². The monoisotopic (exact) mass is 940 g/mol. The number of hydrogen-bond acceptors (Lipinski definition) is 7. The van der Waals surface area contributed by atoms with Gasteiger partial charge in [0.25, 0.3) is 5.69 Å². The maximum atomic E-state index is 11.1. The Morgan fingerprint density at radius 3 is 1.26 bits per heavy atom. The van der Waals surface area contributed by atoms with Crippen LogP contribution < -0.4 is 0 Å². The minimum absolute atomic E-state index is 0. The molecule has 8 aromatic rings. The van der Waals surface area contributed by atoms with Crippen molar-refractivity contribution in [1.82, 2.24) is 24.9 Å². The Morgan fingerprint density at radius 1 is 0.569 bits per heavy atom. The van der Waals surface area contributed by atoms with E-state index in [1.165, 1.54) is 17.7 Å². The molecule has 8 nitrogen and oxygen atoms in total. The third-order valence-electron chi connectivity index (χ3n) is 7.18. The molecule has 0 spiro atoms. The summed E-state index contributed by atoms with van der Waals surface area (Å²) in [7, 11) is -10.7. The van der Waals surface area contributed by atoms with Crippen molar-refractivity contribution in [2.24, 2.45) is 0 Å². The number of pyridine rings is 5. The molecule has 0 unspecified atom stereocenters. The largest absolute Gasteiger partial charge is 2.00 e. The molecule has 0 aliphatic heterocycles. The molecule has 0 radical (unpaired) electrons. The standard InChI is InChI=1S/C21H14N2.C15H10N4O2.C5H5.F6P.Fe.Ru/c1-2-8-16(7-1)17-13-18(20-9-3-5-11-22-20)15-19(14-17)21-10-4-6-12-23-21;20-19(21)11-9-14(12-5-1-3-7-16-12)18-15(10-11)13-6-2-4-8-17-13;1-2-4-5-3-1;1-7(2,3,4,5)6;;/h1-14H;1-10H;1-5H;;;/q-2;;2*-1;2*+2. The smallest absolute Gasteiger partial charge is 0.295 e. The van der Waals surface area contributed by atoms with Crippen LogP contribution in [0.1, 0.15) is 0 Å². The maximum Gasteiger partial charge on any atom is 2.00 e. The van der Waals surface area contributed by atoms with Crippen LogP contribution >= 0.6 is 7.81 Å². The zero-order chi connectivity index (χ0) is 40.1. The van der Waals surface area contributed by atoms with Crippen LogP contribution in [0.5, 0.6) is 0 Å². The Bertz CT molecular complexity index is 2300. The van der Waals surface area contributed by atoms with Gasteiger partial charge in [0.15, 0.2) is 0 Å². The van der Waals surface area contributed by atoms with Crippen molar-refractivity contribution in [3.8, 4) is 56.4 Å². The van der Waals surface area contributed by atoms with Gasteiger partial charge in [-0.3, -0.25) is 30.1 Å². The van der Waals surface area contributed by atoms with Crippen LogP contribution in [0.25, 0.3) is 56.4 Å². The molecule has 0 fully saturated rings. The van der Waals surface area contributed by atoms with Gasteiger partial charge in [-0.25, -0.2) is 17.1 Å². The molecule has 0 N–H and O–H groups in total. The van der Waals surface area contributed by atoms with Crippen LogP contribution in [0.4, 0.5) is 30.9 Å².